The average Bonchev–Trinajstić information content (AvgIpc) is 3.24. The molecule has 3 aromatic carbocycles. The molecule has 0 aliphatic carbocycles. The minimum Gasteiger partial charge on any atom is -0.508 e. The Balaban J connectivity index is 1.41. The third kappa shape index (κ3) is 4.63. The van der Waals surface area contributed by atoms with Crippen LogP contribution in [0.4, 0.5) is 0 Å². The summed E-state index contributed by atoms with van der Waals surface area (Å²) in [6.07, 6.45) is 3.51. The number of carbonyl (C=O) groups excluding carboxylic acids is 1. The molecule has 2 heterocycles. The second kappa shape index (κ2) is 9.69. The largest absolute Gasteiger partial charge is 0.508 e. The van der Waals surface area contributed by atoms with Crippen molar-refractivity contribution in [2.75, 3.05) is 20.2 Å². The Hall–Kier alpha value is -3.02. The van der Waals surface area contributed by atoms with Crippen molar-refractivity contribution in [1.82, 2.24) is 4.90 Å². The summed E-state index contributed by atoms with van der Waals surface area (Å²) in [4.78, 5) is 15.5. The molecule has 0 spiro atoms. The minimum absolute atomic E-state index is 0.0619. The van der Waals surface area contributed by atoms with Gasteiger partial charge in [0.25, 0.3) is 0 Å². The van der Waals surface area contributed by atoms with E-state index in [2.05, 4.69) is 11.9 Å². The molecule has 34 heavy (non-hydrogen) atoms. The number of ether oxygens (including phenoxy) is 2. The Morgan fingerprint density at radius 3 is 2.44 bits per heavy atom. The zero-order valence-electron chi connectivity index (χ0n) is 19.1. The Bertz CT molecular complexity index is 1160. The predicted octanol–water partition coefficient (Wildman–Crippen LogP) is 5.74. The van der Waals surface area contributed by atoms with Gasteiger partial charge in [0.15, 0.2) is 0 Å². The number of nitrogens with zero attached hydrogens (tertiary/aromatic N) is 1. The van der Waals surface area contributed by atoms with E-state index in [0.717, 1.165) is 35.4 Å². The molecule has 0 radical (unpaired) electrons. The lowest BCUT2D eigenvalue weighted by Crippen LogP contribution is -2.30. The van der Waals surface area contributed by atoms with E-state index in [1.54, 1.807) is 18.2 Å². The van der Waals surface area contributed by atoms with Crippen LogP contribution in [0.1, 0.15) is 47.8 Å². The summed E-state index contributed by atoms with van der Waals surface area (Å²) in [6, 6.07) is 20.8. The first-order valence-electron chi connectivity index (χ1n) is 11.7. The Morgan fingerprint density at radius 1 is 1.03 bits per heavy atom. The van der Waals surface area contributed by atoms with Gasteiger partial charge in [0.1, 0.15) is 17.2 Å². The Kier molecular flexibility index (Phi) is 6.48. The molecule has 3 atom stereocenters. The van der Waals surface area contributed by atoms with Crippen LogP contribution >= 0.6 is 11.6 Å². The number of fused-ring (bicyclic) bond motifs is 1. The van der Waals surface area contributed by atoms with E-state index in [-0.39, 0.29) is 17.6 Å². The Morgan fingerprint density at radius 2 is 1.74 bits per heavy atom. The highest BCUT2D eigenvalue weighted by atomic mass is 35.5. The number of phenols is 1. The van der Waals surface area contributed by atoms with Crippen LogP contribution in [0.25, 0.3) is 0 Å². The summed E-state index contributed by atoms with van der Waals surface area (Å²) in [6.45, 7) is 1.84. The topological polar surface area (TPSA) is 59.0 Å². The number of halogens is 1. The van der Waals surface area contributed by atoms with E-state index < -0.39 is 5.92 Å². The third-order valence-corrected chi connectivity index (χ3v) is 7.24. The smallest absolute Gasteiger partial charge is 0.319 e. The highest BCUT2D eigenvalue weighted by molar-refractivity contribution is 6.30. The summed E-state index contributed by atoms with van der Waals surface area (Å²) in [5.74, 6) is 0.120. The van der Waals surface area contributed by atoms with E-state index in [0.29, 0.717) is 23.4 Å². The number of carbonyl (C=O) groups is 1. The van der Waals surface area contributed by atoms with Crippen LogP contribution < -0.4 is 9.47 Å². The van der Waals surface area contributed by atoms with Crippen LogP contribution in [-0.2, 0) is 4.79 Å². The lowest BCUT2D eigenvalue weighted by atomic mass is 9.75. The minimum atomic E-state index is -0.529. The summed E-state index contributed by atoms with van der Waals surface area (Å²) >= 11 is 6.09. The fourth-order valence-electron chi connectivity index (χ4n) is 5.15. The molecule has 2 aliphatic rings. The van der Waals surface area contributed by atoms with Crippen molar-refractivity contribution in [3.05, 3.63) is 88.4 Å². The molecule has 1 saturated heterocycles. The molecule has 2 aliphatic heterocycles. The number of esters is 1. The molecule has 3 unspecified atom stereocenters. The molecule has 0 amide bonds. The highest BCUT2D eigenvalue weighted by Gasteiger charge is 2.40. The maximum absolute atomic E-state index is 13.1. The zero-order valence-corrected chi connectivity index (χ0v) is 19.9. The first kappa shape index (κ1) is 22.8. The van der Waals surface area contributed by atoms with Gasteiger partial charge in [-0.25, -0.2) is 0 Å². The molecule has 0 saturated carbocycles. The van der Waals surface area contributed by atoms with Crippen molar-refractivity contribution in [2.24, 2.45) is 0 Å². The van der Waals surface area contributed by atoms with Crippen LogP contribution in [0.3, 0.4) is 0 Å². The molecule has 6 heteroatoms. The number of rotatable bonds is 6. The maximum atomic E-state index is 13.1. The number of hydrogen-bond acceptors (Lipinski definition) is 5. The summed E-state index contributed by atoms with van der Waals surface area (Å²) < 4.78 is 11.7. The van der Waals surface area contributed by atoms with Crippen LogP contribution in [-0.4, -0.2) is 42.2 Å². The molecule has 176 valence electrons. The molecule has 1 N–H and O–H groups in total. The molecular weight excluding hydrogens is 450 g/mol. The molecule has 5 nitrogen and oxygen atoms in total. The van der Waals surface area contributed by atoms with Gasteiger partial charge in [-0.15, -0.1) is 0 Å². The van der Waals surface area contributed by atoms with Gasteiger partial charge >= 0.3 is 5.97 Å². The molecule has 5 rings (SSSR count). The van der Waals surface area contributed by atoms with E-state index in [1.807, 2.05) is 42.5 Å². The van der Waals surface area contributed by atoms with Crippen LogP contribution in [0.2, 0.25) is 5.02 Å². The molecule has 1 fully saturated rings. The molecule has 3 aromatic rings. The average molecular weight is 478 g/mol. The second-order valence-corrected chi connectivity index (χ2v) is 9.57. The molecule has 0 aromatic heterocycles. The van der Waals surface area contributed by atoms with Gasteiger partial charge < -0.3 is 19.5 Å². The standard InChI is InChI=1S/C28H28ClNO4/c1-30-15-2-3-21(30)14-16-33-23-11-6-18(7-12-23)26-24-13-10-22(31)17-25(24)34-28(32)27(26)19-4-8-20(29)9-5-19/h4-13,17,21,26-27,31H,2-3,14-16H2,1H3. The molecule has 0 bridgehead atoms. The van der Waals surface area contributed by atoms with Crippen LogP contribution in [0.5, 0.6) is 17.2 Å². The summed E-state index contributed by atoms with van der Waals surface area (Å²) in [7, 11) is 2.18. The van der Waals surface area contributed by atoms with Crippen LogP contribution in [0, 0.1) is 0 Å². The lowest BCUT2D eigenvalue weighted by Gasteiger charge is -2.32. The van der Waals surface area contributed by atoms with Crippen molar-refractivity contribution in [2.45, 2.75) is 37.1 Å². The number of hydrogen-bond donors (Lipinski definition) is 1. The lowest BCUT2D eigenvalue weighted by molar-refractivity contribution is -0.137. The summed E-state index contributed by atoms with van der Waals surface area (Å²) in [5.41, 5.74) is 2.67. The van der Waals surface area contributed by atoms with Gasteiger partial charge in [-0.2, -0.15) is 0 Å². The second-order valence-electron chi connectivity index (χ2n) is 9.13. The van der Waals surface area contributed by atoms with E-state index in [1.165, 1.54) is 18.9 Å². The fourth-order valence-corrected chi connectivity index (χ4v) is 5.28. The first-order chi connectivity index (χ1) is 16.5. The van der Waals surface area contributed by atoms with Gasteiger partial charge in [-0.1, -0.05) is 41.9 Å². The van der Waals surface area contributed by atoms with Gasteiger partial charge in [-0.05, 0) is 74.3 Å². The van der Waals surface area contributed by atoms with Crippen molar-refractivity contribution < 1.29 is 19.4 Å². The van der Waals surface area contributed by atoms with Gasteiger partial charge in [0.2, 0.25) is 0 Å². The molecular formula is C28H28ClNO4. The van der Waals surface area contributed by atoms with E-state index in [9.17, 15) is 9.90 Å². The predicted molar refractivity (Wildman–Crippen MR) is 132 cm³/mol. The van der Waals surface area contributed by atoms with Gasteiger partial charge in [-0.3, -0.25) is 4.79 Å². The monoisotopic (exact) mass is 477 g/mol. The van der Waals surface area contributed by atoms with Crippen molar-refractivity contribution in [3.63, 3.8) is 0 Å². The SMILES string of the molecule is CN1CCCC1CCOc1ccc(C2c3ccc(O)cc3OC(=O)C2c2ccc(Cl)cc2)cc1. The van der Waals surface area contributed by atoms with Crippen molar-refractivity contribution in [3.8, 4) is 17.2 Å². The zero-order chi connectivity index (χ0) is 23.7. The highest BCUT2D eigenvalue weighted by Crippen LogP contribution is 2.47. The van der Waals surface area contributed by atoms with Crippen molar-refractivity contribution >= 4 is 17.6 Å². The first-order valence-corrected chi connectivity index (χ1v) is 12.1. The van der Waals surface area contributed by atoms with Gasteiger partial charge in [0, 0.05) is 28.6 Å². The third-order valence-electron chi connectivity index (χ3n) is 6.99. The maximum Gasteiger partial charge on any atom is 0.319 e. The number of phenolic OH excluding ortho intramolecular Hbond substituents is 1. The number of likely N-dealkylation sites (tertiary alicyclic amines) is 1. The van der Waals surface area contributed by atoms with Crippen LogP contribution in [0.15, 0.2) is 66.7 Å². The summed E-state index contributed by atoms with van der Waals surface area (Å²) in [5, 5.41) is 10.5. The quantitative estimate of drug-likeness (QED) is 0.362. The number of benzene rings is 3. The normalized spacial score (nSPS) is 22.3. The Labute approximate surface area is 204 Å². The van der Waals surface area contributed by atoms with E-state index in [4.69, 9.17) is 21.1 Å². The van der Waals surface area contributed by atoms with Crippen molar-refractivity contribution in [1.29, 1.82) is 0 Å². The van der Waals surface area contributed by atoms with Gasteiger partial charge in [0.05, 0.1) is 12.5 Å². The number of aromatic hydroxyl groups is 1. The fraction of sp³-hybridized carbons (Fsp3) is 0.321. The van der Waals surface area contributed by atoms with E-state index >= 15 is 0 Å².